The summed E-state index contributed by atoms with van der Waals surface area (Å²) in [5, 5.41) is 10.8. The highest BCUT2D eigenvalue weighted by Gasteiger charge is 2.18. The first-order valence-corrected chi connectivity index (χ1v) is 7.08. The summed E-state index contributed by atoms with van der Waals surface area (Å²) in [6.45, 7) is 1.35. The normalized spacial score (nSPS) is 11.2. The zero-order valence-electron chi connectivity index (χ0n) is 8.92. The van der Waals surface area contributed by atoms with Gasteiger partial charge in [0.15, 0.2) is 5.75 Å². The molecule has 0 amide bonds. The molecule has 0 spiro atoms. The van der Waals surface area contributed by atoms with Crippen molar-refractivity contribution in [2.45, 2.75) is 6.92 Å². The van der Waals surface area contributed by atoms with Gasteiger partial charge < -0.3 is 4.74 Å². The van der Waals surface area contributed by atoms with E-state index in [4.69, 9.17) is 15.4 Å². The molecule has 0 unspecified atom stereocenters. The molecule has 94 valence electrons. The lowest BCUT2D eigenvalue weighted by Gasteiger charge is -2.06. The van der Waals surface area contributed by atoms with Gasteiger partial charge in [0.1, 0.15) is 6.61 Å². The summed E-state index contributed by atoms with van der Waals surface area (Å²) in [5.41, 5.74) is 0.278. The largest absolute Gasteiger partial charge is 0.486 e. The zero-order valence-corrected chi connectivity index (χ0v) is 10.5. The van der Waals surface area contributed by atoms with Crippen molar-refractivity contribution in [1.82, 2.24) is 0 Å². The van der Waals surface area contributed by atoms with Crippen LogP contribution in [0.4, 0.5) is 5.69 Å². The van der Waals surface area contributed by atoms with Crippen LogP contribution in [0.25, 0.3) is 0 Å². The molecule has 0 aliphatic rings. The van der Waals surface area contributed by atoms with Crippen LogP contribution in [0.2, 0.25) is 0 Å². The summed E-state index contributed by atoms with van der Waals surface area (Å²) in [4.78, 5) is 10.2. The van der Waals surface area contributed by atoms with Crippen LogP contribution in [-0.2, 0) is 9.05 Å². The minimum atomic E-state index is -3.66. The molecule has 0 fully saturated rings. The van der Waals surface area contributed by atoms with Gasteiger partial charge >= 0.3 is 5.69 Å². The van der Waals surface area contributed by atoms with Gasteiger partial charge in [-0.25, -0.2) is 8.42 Å². The Labute approximate surface area is 103 Å². The fraction of sp³-hybridized carbons (Fsp3) is 0.333. The summed E-state index contributed by atoms with van der Waals surface area (Å²) < 4.78 is 26.4. The fourth-order valence-electron chi connectivity index (χ4n) is 1.23. The minimum absolute atomic E-state index is 0.0373. The lowest BCUT2D eigenvalue weighted by molar-refractivity contribution is -0.386. The number of aryl methyl sites for hydroxylation is 1. The Morgan fingerprint density at radius 3 is 2.65 bits per heavy atom. The van der Waals surface area contributed by atoms with Crippen LogP contribution in [0.3, 0.4) is 0 Å². The van der Waals surface area contributed by atoms with Crippen molar-refractivity contribution in [3.05, 3.63) is 33.9 Å². The van der Waals surface area contributed by atoms with Crippen molar-refractivity contribution in [3.63, 3.8) is 0 Å². The second kappa shape index (κ2) is 5.33. The van der Waals surface area contributed by atoms with Crippen molar-refractivity contribution in [1.29, 1.82) is 0 Å². The maximum atomic E-state index is 10.8. The van der Waals surface area contributed by atoms with E-state index in [0.29, 0.717) is 5.56 Å². The Kier molecular flexibility index (Phi) is 4.30. The molecule has 0 saturated heterocycles. The summed E-state index contributed by atoms with van der Waals surface area (Å²) in [6, 6.07) is 4.57. The third-order valence-corrected chi connectivity index (χ3v) is 3.09. The van der Waals surface area contributed by atoms with Crippen molar-refractivity contribution in [2.75, 3.05) is 12.4 Å². The summed E-state index contributed by atoms with van der Waals surface area (Å²) in [6.07, 6.45) is 0. The maximum Gasteiger partial charge on any atom is 0.313 e. The number of benzene rings is 1. The van der Waals surface area contributed by atoms with E-state index in [2.05, 4.69) is 0 Å². The van der Waals surface area contributed by atoms with Gasteiger partial charge in [0.2, 0.25) is 9.05 Å². The monoisotopic (exact) mass is 279 g/mol. The number of nitrogens with zero attached hydrogens (tertiary/aromatic N) is 1. The second-order valence-electron chi connectivity index (χ2n) is 3.27. The minimum Gasteiger partial charge on any atom is -0.486 e. The molecular formula is C9H10ClNO5S. The molecule has 0 aliphatic carbocycles. The molecule has 0 N–H and O–H groups in total. The Balaban J connectivity index is 2.85. The number of nitro groups is 1. The van der Waals surface area contributed by atoms with Crippen molar-refractivity contribution in [3.8, 4) is 5.75 Å². The van der Waals surface area contributed by atoms with Crippen LogP contribution in [0, 0.1) is 17.0 Å². The average Bonchev–Trinajstić information content (AvgIpc) is 2.14. The van der Waals surface area contributed by atoms with Gasteiger partial charge in [-0.2, -0.15) is 0 Å². The van der Waals surface area contributed by atoms with Crippen LogP contribution in [0.1, 0.15) is 5.56 Å². The van der Waals surface area contributed by atoms with E-state index in [9.17, 15) is 18.5 Å². The number of hydrogen-bond donors (Lipinski definition) is 0. The van der Waals surface area contributed by atoms with Gasteiger partial charge in [0, 0.05) is 16.2 Å². The molecule has 17 heavy (non-hydrogen) atoms. The number of halogens is 1. The molecule has 0 atom stereocenters. The van der Waals surface area contributed by atoms with Crippen LogP contribution in [0.15, 0.2) is 18.2 Å². The molecule has 0 heterocycles. The Morgan fingerprint density at radius 1 is 1.47 bits per heavy atom. The Morgan fingerprint density at radius 2 is 2.12 bits per heavy atom. The lowest BCUT2D eigenvalue weighted by atomic mass is 10.2. The molecular weight excluding hydrogens is 270 g/mol. The third kappa shape index (κ3) is 4.20. The SMILES string of the molecule is Cc1cccc(OCCS(=O)(=O)Cl)c1[N+](=O)[O-]. The first-order chi connectivity index (χ1) is 7.81. The molecule has 8 heteroatoms. The summed E-state index contributed by atoms with van der Waals surface area (Å²) >= 11 is 0. The van der Waals surface area contributed by atoms with E-state index < -0.39 is 19.7 Å². The van der Waals surface area contributed by atoms with Gasteiger partial charge in [-0.1, -0.05) is 12.1 Å². The highest BCUT2D eigenvalue weighted by Crippen LogP contribution is 2.30. The van der Waals surface area contributed by atoms with Crippen molar-refractivity contribution < 1.29 is 18.1 Å². The molecule has 1 aromatic rings. The lowest BCUT2D eigenvalue weighted by Crippen LogP contribution is -2.10. The number of hydrogen-bond acceptors (Lipinski definition) is 5. The molecule has 0 aromatic heterocycles. The molecule has 0 bridgehead atoms. The van der Waals surface area contributed by atoms with Gasteiger partial charge in [-0.05, 0) is 13.0 Å². The van der Waals surface area contributed by atoms with E-state index in [1.165, 1.54) is 6.07 Å². The second-order valence-corrected chi connectivity index (χ2v) is 6.17. The van der Waals surface area contributed by atoms with Gasteiger partial charge in [-0.3, -0.25) is 10.1 Å². The van der Waals surface area contributed by atoms with Gasteiger partial charge in [0.25, 0.3) is 0 Å². The molecule has 0 aliphatic heterocycles. The van der Waals surface area contributed by atoms with Crippen molar-refractivity contribution in [2.24, 2.45) is 0 Å². The maximum absolute atomic E-state index is 10.8. The zero-order chi connectivity index (χ0) is 13.1. The highest BCUT2D eigenvalue weighted by atomic mass is 35.7. The van der Waals surface area contributed by atoms with Crippen LogP contribution >= 0.6 is 10.7 Å². The predicted octanol–water partition coefficient (Wildman–Crippen LogP) is 1.85. The summed E-state index contributed by atoms with van der Waals surface area (Å²) in [5.74, 6) is -0.366. The standard InChI is InChI=1S/C9H10ClNO5S/c1-7-3-2-4-8(9(7)11(12)13)16-5-6-17(10,14)15/h2-4H,5-6H2,1H3. The Bertz CT molecular complexity index is 528. The van der Waals surface area contributed by atoms with Crippen LogP contribution in [0.5, 0.6) is 5.75 Å². The number of ether oxygens (including phenoxy) is 1. The fourth-order valence-corrected chi connectivity index (χ4v) is 1.71. The average molecular weight is 280 g/mol. The van der Waals surface area contributed by atoms with E-state index in [0.717, 1.165) is 0 Å². The van der Waals surface area contributed by atoms with E-state index in [1.807, 2.05) is 0 Å². The van der Waals surface area contributed by atoms with E-state index >= 15 is 0 Å². The first-order valence-electron chi connectivity index (χ1n) is 4.60. The predicted molar refractivity (Wildman–Crippen MR) is 63.0 cm³/mol. The van der Waals surface area contributed by atoms with Crippen LogP contribution in [-0.4, -0.2) is 25.7 Å². The Hall–Kier alpha value is -1.34. The van der Waals surface area contributed by atoms with Gasteiger partial charge in [0.05, 0.1) is 10.7 Å². The van der Waals surface area contributed by atoms with Crippen LogP contribution < -0.4 is 4.74 Å². The molecule has 1 aromatic carbocycles. The number of rotatable bonds is 5. The van der Waals surface area contributed by atoms with E-state index in [1.54, 1.807) is 19.1 Å². The number of nitro benzene ring substituents is 1. The topological polar surface area (TPSA) is 86.5 Å². The quantitative estimate of drug-likeness (QED) is 0.466. The van der Waals surface area contributed by atoms with Gasteiger partial charge in [-0.15, -0.1) is 0 Å². The third-order valence-electron chi connectivity index (χ3n) is 1.97. The highest BCUT2D eigenvalue weighted by molar-refractivity contribution is 8.13. The molecule has 0 saturated carbocycles. The smallest absolute Gasteiger partial charge is 0.313 e. The molecule has 6 nitrogen and oxygen atoms in total. The molecule has 1 rings (SSSR count). The van der Waals surface area contributed by atoms with E-state index in [-0.39, 0.29) is 18.0 Å². The first kappa shape index (κ1) is 13.7. The molecule has 0 radical (unpaired) electrons. The number of para-hydroxylation sites is 1. The summed E-state index contributed by atoms with van der Waals surface area (Å²) in [7, 11) is 1.33. The van der Waals surface area contributed by atoms with Crippen molar-refractivity contribution >= 4 is 25.4 Å².